The summed E-state index contributed by atoms with van der Waals surface area (Å²) < 4.78 is 1.95. The van der Waals surface area contributed by atoms with Crippen LogP contribution in [0.1, 0.15) is 30.8 Å². The maximum atomic E-state index is 6.11. The Morgan fingerprint density at radius 3 is 2.65 bits per heavy atom. The van der Waals surface area contributed by atoms with Crippen molar-refractivity contribution in [2.45, 2.75) is 33.6 Å². The van der Waals surface area contributed by atoms with Crippen molar-refractivity contribution in [3.63, 3.8) is 0 Å². The molecule has 0 spiro atoms. The zero-order valence-electron chi connectivity index (χ0n) is 10.6. The molecule has 4 nitrogen and oxygen atoms in total. The van der Waals surface area contributed by atoms with Crippen LogP contribution in [0.4, 0.5) is 5.69 Å². The maximum absolute atomic E-state index is 6.11. The number of nitrogens with zero attached hydrogens (tertiary/aromatic N) is 3. The third-order valence-corrected chi connectivity index (χ3v) is 2.99. The number of nitrogen functional groups attached to an aromatic ring is 1. The average molecular weight is 230 g/mol. The van der Waals surface area contributed by atoms with Crippen molar-refractivity contribution in [1.29, 1.82) is 0 Å². The van der Waals surface area contributed by atoms with E-state index in [9.17, 15) is 0 Å². The van der Waals surface area contributed by atoms with E-state index in [1.165, 1.54) is 0 Å². The minimum atomic E-state index is 0.825. The van der Waals surface area contributed by atoms with E-state index in [-0.39, 0.29) is 0 Å². The van der Waals surface area contributed by atoms with Crippen LogP contribution in [0.2, 0.25) is 0 Å². The lowest BCUT2D eigenvalue weighted by Crippen LogP contribution is -2.04. The molecule has 0 aliphatic carbocycles. The van der Waals surface area contributed by atoms with E-state index in [1.54, 1.807) is 6.20 Å². The number of nitrogens with two attached hydrogens (primary N) is 1. The van der Waals surface area contributed by atoms with Crippen molar-refractivity contribution in [3.8, 4) is 5.69 Å². The lowest BCUT2D eigenvalue weighted by Gasteiger charge is -2.08. The van der Waals surface area contributed by atoms with Gasteiger partial charge in [-0.15, -0.1) is 0 Å². The molecule has 0 aliphatic rings. The third kappa shape index (κ3) is 1.90. The van der Waals surface area contributed by atoms with Crippen LogP contribution < -0.4 is 5.73 Å². The largest absolute Gasteiger partial charge is 0.396 e. The standard InChI is InChI=1S/C13H18N4/c1-4-10-13(14)11(5-2)17(16-10)12-6-7-15-8-9(12)3/h6-8H,4-5,14H2,1-3H3. The van der Waals surface area contributed by atoms with Crippen molar-refractivity contribution in [2.75, 3.05) is 5.73 Å². The summed E-state index contributed by atoms with van der Waals surface area (Å²) in [5, 5.41) is 4.59. The normalized spacial score (nSPS) is 10.8. The van der Waals surface area contributed by atoms with Crippen LogP contribution in [-0.2, 0) is 12.8 Å². The van der Waals surface area contributed by atoms with Gasteiger partial charge in [-0.25, -0.2) is 4.68 Å². The van der Waals surface area contributed by atoms with E-state index in [0.717, 1.165) is 41.2 Å². The van der Waals surface area contributed by atoms with E-state index < -0.39 is 0 Å². The minimum Gasteiger partial charge on any atom is -0.396 e. The van der Waals surface area contributed by atoms with Crippen molar-refractivity contribution in [1.82, 2.24) is 14.8 Å². The van der Waals surface area contributed by atoms with Gasteiger partial charge < -0.3 is 5.73 Å². The Labute approximate surface area is 101 Å². The van der Waals surface area contributed by atoms with Crippen LogP contribution in [0.5, 0.6) is 0 Å². The fourth-order valence-corrected chi connectivity index (χ4v) is 2.02. The highest BCUT2D eigenvalue weighted by atomic mass is 15.3. The molecule has 2 aromatic heterocycles. The van der Waals surface area contributed by atoms with Crippen LogP contribution in [0.15, 0.2) is 18.5 Å². The number of hydrogen-bond acceptors (Lipinski definition) is 3. The molecule has 4 heteroatoms. The molecule has 0 bridgehead atoms. The molecular weight excluding hydrogens is 212 g/mol. The second kappa shape index (κ2) is 4.57. The molecule has 0 saturated carbocycles. The van der Waals surface area contributed by atoms with Gasteiger partial charge in [0.15, 0.2) is 0 Å². The van der Waals surface area contributed by atoms with Crippen LogP contribution in [0, 0.1) is 6.92 Å². The highest BCUT2D eigenvalue weighted by molar-refractivity contribution is 5.52. The van der Waals surface area contributed by atoms with Crippen LogP contribution in [0.25, 0.3) is 5.69 Å². The summed E-state index contributed by atoms with van der Waals surface area (Å²) in [6.07, 6.45) is 5.36. The molecule has 17 heavy (non-hydrogen) atoms. The van der Waals surface area contributed by atoms with Crippen LogP contribution >= 0.6 is 0 Å². The van der Waals surface area contributed by atoms with Gasteiger partial charge in [-0.3, -0.25) is 4.98 Å². The molecular formula is C13H18N4. The molecule has 2 heterocycles. The van der Waals surface area contributed by atoms with Gasteiger partial charge in [0.2, 0.25) is 0 Å². The summed E-state index contributed by atoms with van der Waals surface area (Å²) in [6, 6.07) is 1.97. The van der Waals surface area contributed by atoms with Crippen molar-refractivity contribution in [3.05, 3.63) is 35.4 Å². The molecule has 0 unspecified atom stereocenters. The Kier molecular flexibility index (Phi) is 3.13. The quantitative estimate of drug-likeness (QED) is 0.880. The fourth-order valence-electron chi connectivity index (χ4n) is 2.02. The van der Waals surface area contributed by atoms with Gasteiger partial charge in [0.25, 0.3) is 0 Å². The van der Waals surface area contributed by atoms with E-state index >= 15 is 0 Å². The Morgan fingerprint density at radius 2 is 2.06 bits per heavy atom. The molecule has 2 aromatic rings. The molecule has 0 aliphatic heterocycles. The van der Waals surface area contributed by atoms with E-state index in [4.69, 9.17) is 5.73 Å². The highest BCUT2D eigenvalue weighted by Crippen LogP contribution is 2.23. The zero-order chi connectivity index (χ0) is 12.4. The molecule has 0 aromatic carbocycles. The summed E-state index contributed by atoms with van der Waals surface area (Å²) in [4.78, 5) is 4.10. The first-order chi connectivity index (χ1) is 8.19. The first-order valence-corrected chi connectivity index (χ1v) is 5.96. The van der Waals surface area contributed by atoms with Crippen LogP contribution in [-0.4, -0.2) is 14.8 Å². The summed E-state index contributed by atoms with van der Waals surface area (Å²) in [5.41, 5.74) is 11.2. The average Bonchev–Trinajstić information content (AvgIpc) is 2.66. The summed E-state index contributed by atoms with van der Waals surface area (Å²) >= 11 is 0. The van der Waals surface area contributed by atoms with Gasteiger partial charge in [-0.1, -0.05) is 13.8 Å². The Morgan fingerprint density at radius 1 is 1.29 bits per heavy atom. The predicted molar refractivity (Wildman–Crippen MR) is 69.3 cm³/mol. The Balaban J connectivity index is 2.63. The van der Waals surface area contributed by atoms with Gasteiger partial charge in [-0.05, 0) is 31.4 Å². The summed E-state index contributed by atoms with van der Waals surface area (Å²) in [6.45, 7) is 6.20. The second-order valence-electron chi connectivity index (χ2n) is 4.09. The molecule has 0 atom stereocenters. The number of pyridine rings is 1. The van der Waals surface area contributed by atoms with E-state index in [0.29, 0.717) is 0 Å². The van der Waals surface area contributed by atoms with E-state index in [2.05, 4.69) is 23.9 Å². The SMILES string of the molecule is CCc1nn(-c2ccncc2C)c(CC)c1N. The van der Waals surface area contributed by atoms with Crippen molar-refractivity contribution < 1.29 is 0 Å². The number of hydrogen-bond donors (Lipinski definition) is 1. The smallest absolute Gasteiger partial charge is 0.0858 e. The number of aryl methyl sites for hydroxylation is 2. The maximum Gasteiger partial charge on any atom is 0.0858 e. The molecule has 0 amide bonds. The highest BCUT2D eigenvalue weighted by Gasteiger charge is 2.14. The summed E-state index contributed by atoms with van der Waals surface area (Å²) in [5.74, 6) is 0. The number of rotatable bonds is 3. The zero-order valence-corrected chi connectivity index (χ0v) is 10.6. The topological polar surface area (TPSA) is 56.7 Å². The Bertz CT molecular complexity index is 528. The lowest BCUT2D eigenvalue weighted by molar-refractivity contribution is 0.787. The first-order valence-electron chi connectivity index (χ1n) is 5.96. The number of aromatic nitrogens is 3. The Hall–Kier alpha value is -1.84. The first kappa shape index (κ1) is 11.6. The van der Waals surface area contributed by atoms with Gasteiger partial charge in [0.1, 0.15) is 0 Å². The monoisotopic (exact) mass is 230 g/mol. The van der Waals surface area contributed by atoms with Gasteiger partial charge in [-0.2, -0.15) is 5.10 Å². The minimum absolute atomic E-state index is 0.825. The molecule has 2 rings (SSSR count). The lowest BCUT2D eigenvalue weighted by atomic mass is 10.2. The molecule has 0 saturated heterocycles. The predicted octanol–water partition coefficient (Wildman–Crippen LogP) is 2.28. The van der Waals surface area contributed by atoms with Crippen LogP contribution in [0.3, 0.4) is 0 Å². The number of anilines is 1. The van der Waals surface area contributed by atoms with Crippen molar-refractivity contribution >= 4 is 5.69 Å². The fraction of sp³-hybridized carbons (Fsp3) is 0.385. The summed E-state index contributed by atoms with van der Waals surface area (Å²) in [7, 11) is 0. The second-order valence-corrected chi connectivity index (χ2v) is 4.09. The molecule has 90 valence electrons. The van der Waals surface area contributed by atoms with Gasteiger partial charge in [0, 0.05) is 12.4 Å². The van der Waals surface area contributed by atoms with Gasteiger partial charge >= 0.3 is 0 Å². The van der Waals surface area contributed by atoms with E-state index in [1.807, 2.05) is 23.9 Å². The molecule has 0 fully saturated rings. The molecule has 0 radical (unpaired) electrons. The molecule has 2 N–H and O–H groups in total. The van der Waals surface area contributed by atoms with Crippen molar-refractivity contribution in [2.24, 2.45) is 0 Å². The van der Waals surface area contributed by atoms with Gasteiger partial charge in [0.05, 0.1) is 22.8 Å². The third-order valence-electron chi connectivity index (χ3n) is 2.99.